The Kier molecular flexibility index (Phi) is 4.31. The molecule has 2 aromatic rings. The number of ether oxygens (including phenoxy) is 3. The van der Waals surface area contributed by atoms with E-state index in [0.29, 0.717) is 31.8 Å². The molecule has 0 unspecified atom stereocenters. The zero-order valence-electron chi connectivity index (χ0n) is 14.0. The number of hydrogen-bond donors (Lipinski definition) is 1. The van der Waals surface area contributed by atoms with Crippen molar-refractivity contribution in [2.45, 2.75) is 25.8 Å². The van der Waals surface area contributed by atoms with Gasteiger partial charge >= 0.3 is 0 Å². The maximum Gasteiger partial charge on any atom is 0.231 e. The van der Waals surface area contributed by atoms with Crippen molar-refractivity contribution in [1.29, 1.82) is 0 Å². The molecule has 4 rings (SSSR count). The van der Waals surface area contributed by atoms with Gasteiger partial charge in [-0.1, -0.05) is 11.2 Å². The highest BCUT2D eigenvalue weighted by Crippen LogP contribution is 2.32. The zero-order valence-corrected chi connectivity index (χ0v) is 14.0. The van der Waals surface area contributed by atoms with Gasteiger partial charge in [-0.15, -0.1) is 0 Å². The molecule has 1 saturated heterocycles. The van der Waals surface area contributed by atoms with E-state index < -0.39 is 0 Å². The minimum absolute atomic E-state index is 0.0214. The van der Waals surface area contributed by atoms with Gasteiger partial charge in [-0.25, -0.2) is 0 Å². The molecule has 1 N–H and O–H groups in total. The van der Waals surface area contributed by atoms with Crippen LogP contribution in [0.5, 0.6) is 11.5 Å². The molecule has 0 saturated carbocycles. The van der Waals surface area contributed by atoms with E-state index in [4.69, 9.17) is 18.7 Å². The van der Waals surface area contributed by atoms with Gasteiger partial charge in [-0.2, -0.15) is 0 Å². The number of fused-ring (bicyclic) bond motifs is 1. The summed E-state index contributed by atoms with van der Waals surface area (Å²) in [6.07, 6.45) is 0.997. The predicted molar refractivity (Wildman–Crippen MR) is 87.5 cm³/mol. The van der Waals surface area contributed by atoms with Crippen molar-refractivity contribution in [3.63, 3.8) is 0 Å². The van der Waals surface area contributed by atoms with Crippen LogP contribution in [0.1, 0.15) is 17.0 Å². The standard InChI is InChI=1S/C18H20N2O5/c1-11-4-14(25-20-11)7-13-8-22-9-15(13)19-18(21)6-12-2-3-16-17(5-12)24-10-23-16/h2-5,13,15H,6-10H2,1H3,(H,19,21)/t13-,15+/m1/s1. The van der Waals surface area contributed by atoms with E-state index in [2.05, 4.69) is 10.5 Å². The Labute approximate surface area is 145 Å². The zero-order chi connectivity index (χ0) is 17.2. The van der Waals surface area contributed by atoms with Crippen molar-refractivity contribution in [3.8, 4) is 11.5 Å². The first kappa shape index (κ1) is 16.0. The highest BCUT2D eigenvalue weighted by Gasteiger charge is 2.30. The molecule has 0 bridgehead atoms. The van der Waals surface area contributed by atoms with E-state index in [9.17, 15) is 4.79 Å². The summed E-state index contributed by atoms with van der Waals surface area (Å²) in [7, 11) is 0. The van der Waals surface area contributed by atoms with Crippen molar-refractivity contribution in [1.82, 2.24) is 10.5 Å². The average molecular weight is 344 g/mol. The molecule has 1 aromatic heterocycles. The van der Waals surface area contributed by atoms with Crippen LogP contribution in [0.15, 0.2) is 28.8 Å². The number of carbonyl (C=O) groups excluding carboxylic acids is 1. The van der Waals surface area contributed by atoms with E-state index in [1.807, 2.05) is 31.2 Å². The average Bonchev–Trinajstić information content (AvgIpc) is 3.30. The van der Waals surface area contributed by atoms with Crippen LogP contribution in [0, 0.1) is 12.8 Å². The van der Waals surface area contributed by atoms with Crippen molar-refractivity contribution >= 4 is 5.91 Å². The summed E-state index contributed by atoms with van der Waals surface area (Å²) < 4.78 is 21.5. The van der Waals surface area contributed by atoms with Gasteiger partial charge in [0.25, 0.3) is 0 Å². The monoisotopic (exact) mass is 344 g/mol. The third-order valence-electron chi connectivity index (χ3n) is 4.49. The Morgan fingerprint density at radius 3 is 2.96 bits per heavy atom. The Bertz CT molecular complexity index is 773. The molecule has 1 aromatic carbocycles. The number of rotatable bonds is 5. The Morgan fingerprint density at radius 2 is 2.12 bits per heavy atom. The lowest BCUT2D eigenvalue weighted by Crippen LogP contribution is -2.41. The lowest BCUT2D eigenvalue weighted by molar-refractivity contribution is -0.121. The molecule has 1 amide bonds. The second kappa shape index (κ2) is 6.76. The number of carbonyl (C=O) groups is 1. The van der Waals surface area contributed by atoms with Crippen molar-refractivity contribution < 1.29 is 23.5 Å². The predicted octanol–water partition coefficient (Wildman–Crippen LogP) is 1.63. The van der Waals surface area contributed by atoms with Crippen molar-refractivity contribution in [2.24, 2.45) is 5.92 Å². The highest BCUT2D eigenvalue weighted by atomic mass is 16.7. The second-order valence-electron chi connectivity index (χ2n) is 6.47. The summed E-state index contributed by atoms with van der Waals surface area (Å²) >= 11 is 0. The molecule has 2 atom stereocenters. The summed E-state index contributed by atoms with van der Waals surface area (Å²) in [6, 6.07) is 7.46. The fraction of sp³-hybridized carbons (Fsp3) is 0.444. The summed E-state index contributed by atoms with van der Waals surface area (Å²) in [5, 5.41) is 6.98. The molecule has 2 aliphatic heterocycles. The molecule has 7 nitrogen and oxygen atoms in total. The van der Waals surface area contributed by atoms with Gasteiger partial charge in [0.05, 0.1) is 31.4 Å². The smallest absolute Gasteiger partial charge is 0.231 e. The van der Waals surface area contributed by atoms with Gasteiger partial charge in [-0.3, -0.25) is 4.79 Å². The molecular formula is C18H20N2O5. The largest absolute Gasteiger partial charge is 0.454 e. The van der Waals surface area contributed by atoms with Crippen LogP contribution < -0.4 is 14.8 Å². The third-order valence-corrected chi connectivity index (χ3v) is 4.49. The maximum atomic E-state index is 12.4. The lowest BCUT2D eigenvalue weighted by Gasteiger charge is -2.18. The SMILES string of the molecule is Cc1cc(C[C@@H]2COC[C@@H]2NC(=O)Cc2ccc3c(c2)OCO3)on1. The first-order valence-corrected chi connectivity index (χ1v) is 8.35. The van der Waals surface area contributed by atoms with Crippen molar-refractivity contribution in [3.05, 3.63) is 41.3 Å². The van der Waals surface area contributed by atoms with E-state index in [0.717, 1.165) is 22.8 Å². The van der Waals surface area contributed by atoms with Crippen LogP contribution in [0.25, 0.3) is 0 Å². The van der Waals surface area contributed by atoms with Crippen LogP contribution >= 0.6 is 0 Å². The van der Waals surface area contributed by atoms with Gasteiger partial charge < -0.3 is 24.1 Å². The van der Waals surface area contributed by atoms with Crippen molar-refractivity contribution in [2.75, 3.05) is 20.0 Å². The number of aryl methyl sites for hydroxylation is 1. The van der Waals surface area contributed by atoms with Gasteiger partial charge in [-0.05, 0) is 24.6 Å². The molecule has 0 aliphatic carbocycles. The summed E-state index contributed by atoms with van der Waals surface area (Å²) in [6.45, 7) is 3.25. The molecule has 25 heavy (non-hydrogen) atoms. The van der Waals surface area contributed by atoms with Gasteiger partial charge in [0, 0.05) is 18.4 Å². The molecule has 132 valence electrons. The maximum absolute atomic E-state index is 12.4. The minimum atomic E-state index is -0.0342. The van der Waals surface area contributed by atoms with E-state index in [-0.39, 0.29) is 24.7 Å². The van der Waals surface area contributed by atoms with Crippen LogP contribution in [-0.2, 0) is 22.4 Å². The number of benzene rings is 1. The second-order valence-corrected chi connectivity index (χ2v) is 6.47. The Morgan fingerprint density at radius 1 is 1.24 bits per heavy atom. The van der Waals surface area contributed by atoms with Crippen LogP contribution in [-0.4, -0.2) is 37.1 Å². The molecule has 2 aliphatic rings. The van der Waals surface area contributed by atoms with E-state index in [1.54, 1.807) is 0 Å². The number of aromatic nitrogens is 1. The molecule has 0 spiro atoms. The fourth-order valence-corrected chi connectivity index (χ4v) is 3.22. The number of hydrogen-bond acceptors (Lipinski definition) is 6. The first-order valence-electron chi connectivity index (χ1n) is 8.35. The number of nitrogens with one attached hydrogen (secondary N) is 1. The lowest BCUT2D eigenvalue weighted by atomic mass is 9.98. The Balaban J connectivity index is 1.35. The topological polar surface area (TPSA) is 82.8 Å². The molecule has 0 radical (unpaired) electrons. The summed E-state index contributed by atoms with van der Waals surface area (Å²) in [5.41, 5.74) is 1.75. The quantitative estimate of drug-likeness (QED) is 0.888. The molecule has 7 heteroatoms. The van der Waals surface area contributed by atoms with Gasteiger partial charge in [0.15, 0.2) is 11.5 Å². The molecular weight excluding hydrogens is 324 g/mol. The normalized spacial score (nSPS) is 21.5. The Hall–Kier alpha value is -2.54. The highest BCUT2D eigenvalue weighted by molar-refractivity contribution is 5.79. The number of amides is 1. The van der Waals surface area contributed by atoms with Gasteiger partial charge in [0.1, 0.15) is 5.76 Å². The van der Waals surface area contributed by atoms with Crippen LogP contribution in [0.2, 0.25) is 0 Å². The molecule has 3 heterocycles. The summed E-state index contributed by atoms with van der Waals surface area (Å²) in [4.78, 5) is 12.4. The first-order chi connectivity index (χ1) is 12.2. The fourth-order valence-electron chi connectivity index (χ4n) is 3.22. The minimum Gasteiger partial charge on any atom is -0.454 e. The van der Waals surface area contributed by atoms with Gasteiger partial charge in [0.2, 0.25) is 12.7 Å². The summed E-state index contributed by atoms with van der Waals surface area (Å²) in [5.74, 6) is 2.38. The van der Waals surface area contributed by atoms with Crippen LogP contribution in [0.4, 0.5) is 0 Å². The third kappa shape index (κ3) is 3.61. The van der Waals surface area contributed by atoms with E-state index >= 15 is 0 Å². The number of nitrogens with zero attached hydrogens (tertiary/aromatic N) is 1. The van der Waals surface area contributed by atoms with E-state index in [1.165, 1.54) is 0 Å². The van der Waals surface area contributed by atoms with Crippen LogP contribution in [0.3, 0.4) is 0 Å². The molecule has 1 fully saturated rings.